The summed E-state index contributed by atoms with van der Waals surface area (Å²) < 4.78 is 38.0. The van der Waals surface area contributed by atoms with Crippen LogP contribution in [0.2, 0.25) is 0 Å². The van der Waals surface area contributed by atoms with Gasteiger partial charge in [0.15, 0.2) is 0 Å². The summed E-state index contributed by atoms with van der Waals surface area (Å²) in [5.41, 5.74) is 2.25. The average molecular weight is 364 g/mol. The molecule has 0 unspecified atom stereocenters. The molecule has 2 rings (SSSR count). The number of sulfonamides is 1. The molecule has 0 atom stereocenters. The zero-order valence-corrected chi connectivity index (χ0v) is 15.0. The van der Waals surface area contributed by atoms with Crippen LogP contribution in [0.1, 0.15) is 18.1 Å². The van der Waals surface area contributed by atoms with Crippen LogP contribution in [-0.4, -0.2) is 27.1 Å². The maximum atomic E-state index is 12.9. The van der Waals surface area contributed by atoms with E-state index in [-0.39, 0.29) is 18.9 Å². The number of halogens is 1. The summed E-state index contributed by atoms with van der Waals surface area (Å²) in [4.78, 5) is 12.1. The third-order valence-corrected chi connectivity index (χ3v) is 4.86. The van der Waals surface area contributed by atoms with E-state index in [0.29, 0.717) is 5.69 Å². The van der Waals surface area contributed by atoms with Gasteiger partial charge in [-0.3, -0.25) is 9.10 Å². The maximum absolute atomic E-state index is 12.9. The Labute approximate surface area is 147 Å². The SMILES string of the molecule is CCc1ccc(N(CC(=O)NCc2ccc(F)cc2)S(C)(=O)=O)cc1. The first kappa shape index (κ1) is 18.9. The fraction of sp³-hybridized carbons (Fsp3) is 0.278. The van der Waals surface area contributed by atoms with E-state index < -0.39 is 15.9 Å². The molecule has 0 bridgehead atoms. The number of rotatable bonds is 7. The lowest BCUT2D eigenvalue weighted by Crippen LogP contribution is -2.40. The van der Waals surface area contributed by atoms with Crippen molar-refractivity contribution in [2.75, 3.05) is 17.1 Å². The van der Waals surface area contributed by atoms with Gasteiger partial charge in [0.25, 0.3) is 0 Å². The van der Waals surface area contributed by atoms with Crippen LogP contribution < -0.4 is 9.62 Å². The van der Waals surface area contributed by atoms with Crippen LogP contribution in [0.3, 0.4) is 0 Å². The number of benzene rings is 2. The molecule has 2 aromatic carbocycles. The van der Waals surface area contributed by atoms with Crippen molar-refractivity contribution in [3.63, 3.8) is 0 Å². The molecule has 2 aromatic rings. The average Bonchev–Trinajstić information content (AvgIpc) is 2.58. The molecule has 0 aliphatic heterocycles. The van der Waals surface area contributed by atoms with Crippen LogP contribution in [0.15, 0.2) is 48.5 Å². The van der Waals surface area contributed by atoms with Gasteiger partial charge in [-0.05, 0) is 41.8 Å². The molecule has 0 aliphatic carbocycles. The van der Waals surface area contributed by atoms with E-state index in [4.69, 9.17) is 0 Å². The van der Waals surface area contributed by atoms with Crippen molar-refractivity contribution in [1.82, 2.24) is 5.32 Å². The molecule has 7 heteroatoms. The number of hydrogen-bond acceptors (Lipinski definition) is 3. The van der Waals surface area contributed by atoms with E-state index >= 15 is 0 Å². The Balaban J connectivity index is 2.05. The summed E-state index contributed by atoms with van der Waals surface area (Å²) in [5, 5.41) is 2.65. The third kappa shape index (κ3) is 5.56. The first-order valence-electron chi connectivity index (χ1n) is 7.87. The monoisotopic (exact) mass is 364 g/mol. The lowest BCUT2D eigenvalue weighted by molar-refractivity contribution is -0.119. The molecule has 134 valence electrons. The van der Waals surface area contributed by atoms with Gasteiger partial charge in [-0.1, -0.05) is 31.2 Å². The Kier molecular flexibility index (Phi) is 6.14. The summed E-state index contributed by atoms with van der Waals surface area (Å²) in [6.45, 7) is 1.89. The minimum Gasteiger partial charge on any atom is -0.350 e. The van der Waals surface area contributed by atoms with E-state index in [1.807, 2.05) is 19.1 Å². The van der Waals surface area contributed by atoms with Gasteiger partial charge >= 0.3 is 0 Å². The third-order valence-electron chi connectivity index (χ3n) is 3.72. The van der Waals surface area contributed by atoms with Crippen LogP contribution in [0, 0.1) is 5.82 Å². The molecule has 0 heterocycles. The molecule has 1 N–H and O–H groups in total. The number of hydrogen-bond donors (Lipinski definition) is 1. The summed E-state index contributed by atoms with van der Waals surface area (Å²) >= 11 is 0. The van der Waals surface area contributed by atoms with E-state index in [1.165, 1.54) is 12.1 Å². The molecule has 0 radical (unpaired) electrons. The van der Waals surface area contributed by atoms with Gasteiger partial charge in [0.2, 0.25) is 15.9 Å². The maximum Gasteiger partial charge on any atom is 0.241 e. The second kappa shape index (κ2) is 8.11. The Morgan fingerprint density at radius 3 is 2.12 bits per heavy atom. The van der Waals surface area contributed by atoms with Gasteiger partial charge in [-0.2, -0.15) is 0 Å². The number of nitrogens with one attached hydrogen (secondary N) is 1. The Morgan fingerprint density at radius 1 is 1.04 bits per heavy atom. The molecule has 0 aliphatic rings. The van der Waals surface area contributed by atoms with Gasteiger partial charge < -0.3 is 5.32 Å². The lowest BCUT2D eigenvalue weighted by Gasteiger charge is -2.22. The highest BCUT2D eigenvalue weighted by atomic mass is 32.2. The Morgan fingerprint density at radius 2 is 1.60 bits per heavy atom. The van der Waals surface area contributed by atoms with Gasteiger partial charge in [0.1, 0.15) is 12.4 Å². The van der Waals surface area contributed by atoms with Crippen molar-refractivity contribution in [1.29, 1.82) is 0 Å². The standard InChI is InChI=1S/C18H21FN2O3S/c1-3-14-6-10-17(11-7-14)21(25(2,23)24)13-18(22)20-12-15-4-8-16(19)9-5-15/h4-11H,3,12-13H2,1-2H3,(H,20,22). The van der Waals surface area contributed by atoms with Crippen LogP contribution in [0.25, 0.3) is 0 Å². The van der Waals surface area contributed by atoms with Gasteiger partial charge in [-0.15, -0.1) is 0 Å². The van der Waals surface area contributed by atoms with E-state index in [1.54, 1.807) is 24.3 Å². The highest BCUT2D eigenvalue weighted by molar-refractivity contribution is 7.92. The van der Waals surface area contributed by atoms with Crippen molar-refractivity contribution in [3.05, 3.63) is 65.5 Å². The van der Waals surface area contributed by atoms with Gasteiger partial charge in [0, 0.05) is 6.54 Å². The number of carbonyl (C=O) groups excluding carboxylic acids is 1. The first-order valence-corrected chi connectivity index (χ1v) is 9.72. The molecule has 1 amide bonds. The fourth-order valence-corrected chi connectivity index (χ4v) is 3.14. The molecular formula is C18H21FN2O3S. The summed E-state index contributed by atoms with van der Waals surface area (Å²) in [6.07, 6.45) is 1.91. The Hall–Kier alpha value is -2.41. The van der Waals surface area contributed by atoms with Gasteiger partial charge in [0.05, 0.1) is 11.9 Å². The lowest BCUT2D eigenvalue weighted by atomic mass is 10.1. The van der Waals surface area contributed by atoms with E-state index in [0.717, 1.165) is 28.1 Å². The molecular weight excluding hydrogens is 343 g/mol. The molecule has 0 aromatic heterocycles. The smallest absolute Gasteiger partial charge is 0.241 e. The van der Waals surface area contributed by atoms with Crippen molar-refractivity contribution < 1.29 is 17.6 Å². The quantitative estimate of drug-likeness (QED) is 0.821. The number of carbonyl (C=O) groups is 1. The summed E-state index contributed by atoms with van der Waals surface area (Å²) in [5.74, 6) is -0.789. The fourth-order valence-electron chi connectivity index (χ4n) is 2.29. The number of aryl methyl sites for hydroxylation is 1. The molecule has 25 heavy (non-hydrogen) atoms. The second-order valence-corrected chi connectivity index (χ2v) is 7.60. The van der Waals surface area contributed by atoms with Gasteiger partial charge in [-0.25, -0.2) is 12.8 Å². The number of nitrogens with zero attached hydrogens (tertiary/aromatic N) is 1. The zero-order chi connectivity index (χ0) is 18.4. The minimum atomic E-state index is -3.60. The van der Waals surface area contributed by atoms with Crippen molar-refractivity contribution >= 4 is 21.6 Å². The molecule has 0 saturated carbocycles. The highest BCUT2D eigenvalue weighted by Gasteiger charge is 2.20. The first-order chi connectivity index (χ1) is 11.8. The number of anilines is 1. The molecule has 5 nitrogen and oxygen atoms in total. The van der Waals surface area contributed by atoms with Crippen LogP contribution in [0.4, 0.5) is 10.1 Å². The topological polar surface area (TPSA) is 66.5 Å². The molecule has 0 fully saturated rings. The Bertz CT molecular complexity index is 818. The summed E-state index contributed by atoms with van der Waals surface area (Å²) in [7, 11) is -3.60. The predicted molar refractivity (Wildman–Crippen MR) is 96.3 cm³/mol. The van der Waals surface area contributed by atoms with Crippen molar-refractivity contribution in [3.8, 4) is 0 Å². The molecule has 0 saturated heterocycles. The zero-order valence-electron chi connectivity index (χ0n) is 14.2. The number of amides is 1. The van der Waals surface area contributed by atoms with Crippen molar-refractivity contribution in [2.24, 2.45) is 0 Å². The van der Waals surface area contributed by atoms with Crippen LogP contribution in [-0.2, 0) is 27.8 Å². The largest absolute Gasteiger partial charge is 0.350 e. The van der Waals surface area contributed by atoms with Crippen molar-refractivity contribution in [2.45, 2.75) is 19.9 Å². The predicted octanol–water partition coefficient (Wildman–Crippen LogP) is 2.47. The highest BCUT2D eigenvalue weighted by Crippen LogP contribution is 2.18. The summed E-state index contributed by atoms with van der Waals surface area (Å²) in [6, 6.07) is 12.8. The van der Waals surface area contributed by atoms with Crippen LogP contribution in [0.5, 0.6) is 0 Å². The second-order valence-electron chi connectivity index (χ2n) is 5.69. The minimum absolute atomic E-state index is 0.200. The van der Waals surface area contributed by atoms with Crippen LogP contribution >= 0.6 is 0 Å². The van der Waals surface area contributed by atoms with E-state index in [2.05, 4.69) is 5.32 Å². The van der Waals surface area contributed by atoms with E-state index in [9.17, 15) is 17.6 Å². The molecule has 0 spiro atoms. The normalized spacial score (nSPS) is 11.2.